The van der Waals surface area contributed by atoms with Gasteiger partial charge in [0.15, 0.2) is 0 Å². The standard InChI is InChI=1S/C20H22O3/c1-3-20(22)23-13-11-18-14-15(2)4-9-19(18)17-7-5-16(6-8-17)10-12-21/h3-9,14,21H,1,10-13H2,2H3. The van der Waals surface area contributed by atoms with E-state index in [-0.39, 0.29) is 6.61 Å². The van der Waals surface area contributed by atoms with Crippen molar-refractivity contribution in [2.75, 3.05) is 13.2 Å². The molecule has 3 nitrogen and oxygen atoms in total. The van der Waals surface area contributed by atoms with Crippen molar-refractivity contribution in [1.82, 2.24) is 0 Å². The SMILES string of the molecule is C=CC(=O)OCCc1cc(C)ccc1-c1ccc(CCO)cc1. The van der Waals surface area contributed by atoms with Gasteiger partial charge in [0, 0.05) is 19.1 Å². The minimum absolute atomic E-state index is 0.157. The lowest BCUT2D eigenvalue weighted by Gasteiger charge is -2.12. The van der Waals surface area contributed by atoms with Crippen molar-refractivity contribution in [3.05, 3.63) is 71.8 Å². The Balaban J connectivity index is 2.20. The molecule has 2 rings (SSSR count). The van der Waals surface area contributed by atoms with Crippen LogP contribution in [0.5, 0.6) is 0 Å². The van der Waals surface area contributed by atoms with Gasteiger partial charge in [0.2, 0.25) is 0 Å². The van der Waals surface area contributed by atoms with E-state index in [2.05, 4.69) is 36.9 Å². The van der Waals surface area contributed by atoms with Crippen molar-refractivity contribution >= 4 is 5.97 Å². The highest BCUT2D eigenvalue weighted by molar-refractivity contribution is 5.81. The van der Waals surface area contributed by atoms with Crippen LogP contribution in [0.3, 0.4) is 0 Å². The molecular formula is C20H22O3. The largest absolute Gasteiger partial charge is 0.462 e. The average molecular weight is 310 g/mol. The fourth-order valence-electron chi connectivity index (χ4n) is 2.51. The highest BCUT2D eigenvalue weighted by Gasteiger charge is 2.07. The predicted molar refractivity (Wildman–Crippen MR) is 92.3 cm³/mol. The molecule has 0 amide bonds. The predicted octanol–water partition coefficient (Wildman–Crippen LogP) is 3.47. The van der Waals surface area contributed by atoms with Crippen molar-refractivity contribution in [3.8, 4) is 11.1 Å². The first kappa shape index (κ1) is 17.0. The lowest BCUT2D eigenvalue weighted by Crippen LogP contribution is -2.05. The Morgan fingerprint density at radius 2 is 1.91 bits per heavy atom. The smallest absolute Gasteiger partial charge is 0.330 e. The Labute approximate surface area is 137 Å². The van der Waals surface area contributed by atoms with Crippen LogP contribution in [0.2, 0.25) is 0 Å². The first-order valence-electron chi connectivity index (χ1n) is 7.73. The summed E-state index contributed by atoms with van der Waals surface area (Å²) in [6.07, 6.45) is 2.50. The van der Waals surface area contributed by atoms with Crippen molar-refractivity contribution in [1.29, 1.82) is 0 Å². The highest BCUT2D eigenvalue weighted by Crippen LogP contribution is 2.26. The van der Waals surface area contributed by atoms with Gasteiger partial charge < -0.3 is 9.84 Å². The van der Waals surface area contributed by atoms with Crippen LogP contribution >= 0.6 is 0 Å². The van der Waals surface area contributed by atoms with Gasteiger partial charge in [-0.15, -0.1) is 0 Å². The van der Waals surface area contributed by atoms with Crippen LogP contribution in [0.1, 0.15) is 16.7 Å². The maximum absolute atomic E-state index is 11.2. The van der Waals surface area contributed by atoms with E-state index in [0.717, 1.165) is 22.3 Å². The van der Waals surface area contributed by atoms with Crippen molar-refractivity contribution in [2.45, 2.75) is 19.8 Å². The normalized spacial score (nSPS) is 10.3. The van der Waals surface area contributed by atoms with Gasteiger partial charge in [-0.3, -0.25) is 0 Å². The molecule has 0 aliphatic heterocycles. The molecule has 0 fully saturated rings. The zero-order chi connectivity index (χ0) is 16.7. The Morgan fingerprint density at radius 3 is 2.57 bits per heavy atom. The number of esters is 1. The van der Waals surface area contributed by atoms with Gasteiger partial charge >= 0.3 is 5.97 Å². The molecule has 2 aromatic carbocycles. The second-order valence-corrected chi connectivity index (χ2v) is 5.45. The number of hydrogen-bond acceptors (Lipinski definition) is 3. The van der Waals surface area contributed by atoms with E-state index in [0.29, 0.717) is 19.4 Å². The van der Waals surface area contributed by atoms with Gasteiger partial charge in [-0.2, -0.15) is 0 Å². The average Bonchev–Trinajstić information content (AvgIpc) is 2.56. The van der Waals surface area contributed by atoms with Crippen LogP contribution in [0.15, 0.2) is 55.1 Å². The molecule has 0 saturated heterocycles. The third-order valence-electron chi connectivity index (χ3n) is 3.71. The maximum Gasteiger partial charge on any atom is 0.330 e. The first-order valence-corrected chi connectivity index (χ1v) is 7.73. The number of hydrogen-bond donors (Lipinski definition) is 1. The summed E-state index contributed by atoms with van der Waals surface area (Å²) in [5, 5.41) is 8.99. The second kappa shape index (κ2) is 8.30. The quantitative estimate of drug-likeness (QED) is 0.629. The lowest BCUT2D eigenvalue weighted by atomic mass is 9.95. The molecule has 0 aromatic heterocycles. The second-order valence-electron chi connectivity index (χ2n) is 5.45. The van der Waals surface area contributed by atoms with Crippen LogP contribution in [-0.2, 0) is 22.4 Å². The number of carbonyl (C=O) groups is 1. The van der Waals surface area contributed by atoms with Gasteiger partial charge in [0.05, 0.1) is 6.61 Å². The molecule has 0 spiro atoms. The summed E-state index contributed by atoms with van der Waals surface area (Å²) in [4.78, 5) is 11.2. The molecule has 0 unspecified atom stereocenters. The summed E-state index contributed by atoms with van der Waals surface area (Å²) in [6.45, 7) is 5.94. The Morgan fingerprint density at radius 1 is 1.17 bits per heavy atom. The highest BCUT2D eigenvalue weighted by atomic mass is 16.5. The number of rotatable bonds is 7. The summed E-state index contributed by atoms with van der Waals surface area (Å²) < 4.78 is 5.09. The maximum atomic E-state index is 11.2. The van der Waals surface area contributed by atoms with Gasteiger partial charge in [-0.1, -0.05) is 54.6 Å². The van der Waals surface area contributed by atoms with Gasteiger partial charge in [-0.25, -0.2) is 4.79 Å². The summed E-state index contributed by atoms with van der Waals surface area (Å²) >= 11 is 0. The molecule has 120 valence electrons. The van der Waals surface area contributed by atoms with E-state index in [4.69, 9.17) is 9.84 Å². The lowest BCUT2D eigenvalue weighted by molar-refractivity contribution is -0.137. The molecular weight excluding hydrogens is 288 g/mol. The van der Waals surface area contributed by atoms with Crippen LogP contribution in [-0.4, -0.2) is 24.3 Å². The van der Waals surface area contributed by atoms with Crippen molar-refractivity contribution < 1.29 is 14.6 Å². The van der Waals surface area contributed by atoms with E-state index >= 15 is 0 Å². The molecule has 0 atom stereocenters. The van der Waals surface area contributed by atoms with E-state index in [1.807, 2.05) is 19.1 Å². The third-order valence-corrected chi connectivity index (χ3v) is 3.71. The summed E-state index contributed by atoms with van der Waals surface area (Å²) in [5.41, 5.74) is 5.70. The van der Waals surface area contributed by atoms with E-state index in [9.17, 15) is 4.79 Å². The third kappa shape index (κ3) is 4.80. The molecule has 23 heavy (non-hydrogen) atoms. The summed E-state index contributed by atoms with van der Waals surface area (Å²) in [6, 6.07) is 14.5. The number of aryl methyl sites for hydroxylation is 1. The summed E-state index contributed by atoms with van der Waals surface area (Å²) in [5.74, 6) is -0.396. The minimum Gasteiger partial charge on any atom is -0.462 e. The zero-order valence-electron chi connectivity index (χ0n) is 13.4. The number of aliphatic hydroxyl groups excluding tert-OH is 1. The number of benzene rings is 2. The number of carbonyl (C=O) groups excluding carboxylic acids is 1. The number of aliphatic hydroxyl groups is 1. The summed E-state index contributed by atoms with van der Waals surface area (Å²) in [7, 11) is 0. The molecule has 0 aliphatic carbocycles. The Kier molecular flexibility index (Phi) is 6.12. The Hall–Kier alpha value is -2.39. The van der Waals surface area contributed by atoms with Crippen LogP contribution in [0.4, 0.5) is 0 Å². The molecule has 0 bridgehead atoms. The van der Waals surface area contributed by atoms with Gasteiger partial charge in [-0.05, 0) is 35.6 Å². The minimum atomic E-state index is -0.396. The monoisotopic (exact) mass is 310 g/mol. The molecule has 0 radical (unpaired) electrons. The van der Waals surface area contributed by atoms with Gasteiger partial charge in [0.25, 0.3) is 0 Å². The van der Waals surface area contributed by atoms with E-state index < -0.39 is 5.97 Å². The Bertz CT molecular complexity index is 672. The molecule has 0 heterocycles. The molecule has 2 aromatic rings. The van der Waals surface area contributed by atoms with Crippen molar-refractivity contribution in [3.63, 3.8) is 0 Å². The van der Waals surface area contributed by atoms with E-state index in [1.54, 1.807) is 0 Å². The topological polar surface area (TPSA) is 46.5 Å². The number of ether oxygens (including phenoxy) is 1. The molecule has 3 heteroatoms. The zero-order valence-corrected chi connectivity index (χ0v) is 13.4. The fraction of sp³-hybridized carbons (Fsp3) is 0.250. The van der Waals surface area contributed by atoms with Crippen LogP contribution in [0, 0.1) is 6.92 Å². The van der Waals surface area contributed by atoms with Crippen molar-refractivity contribution in [2.24, 2.45) is 0 Å². The van der Waals surface area contributed by atoms with Crippen LogP contribution in [0.25, 0.3) is 11.1 Å². The fourth-order valence-corrected chi connectivity index (χ4v) is 2.51. The molecule has 0 saturated carbocycles. The van der Waals surface area contributed by atoms with Crippen LogP contribution < -0.4 is 0 Å². The van der Waals surface area contributed by atoms with E-state index in [1.165, 1.54) is 11.6 Å². The first-order chi connectivity index (χ1) is 11.1. The molecule has 1 N–H and O–H groups in total. The molecule has 0 aliphatic rings. The van der Waals surface area contributed by atoms with Gasteiger partial charge in [0.1, 0.15) is 0 Å².